The van der Waals surface area contributed by atoms with E-state index < -0.39 is 23.6 Å². The Bertz CT molecular complexity index is 686. The molecule has 1 atom stereocenters. The van der Waals surface area contributed by atoms with Crippen LogP contribution in [-0.2, 0) is 9.59 Å². The summed E-state index contributed by atoms with van der Waals surface area (Å²) in [6.07, 6.45) is -0.213. The molecule has 0 aliphatic rings. The third-order valence-corrected chi connectivity index (χ3v) is 3.35. The van der Waals surface area contributed by atoms with Gasteiger partial charge in [-0.3, -0.25) is 9.59 Å². The van der Waals surface area contributed by atoms with E-state index in [1.165, 1.54) is 6.07 Å². The van der Waals surface area contributed by atoms with Crippen molar-refractivity contribution in [1.82, 2.24) is 0 Å². The van der Waals surface area contributed by atoms with Crippen molar-refractivity contribution in [2.75, 3.05) is 5.32 Å². The molecule has 2 aromatic carbocycles. The van der Waals surface area contributed by atoms with Gasteiger partial charge in [0.25, 0.3) is 0 Å². The molecule has 1 unspecified atom stereocenters. The van der Waals surface area contributed by atoms with Crippen molar-refractivity contribution in [3.05, 3.63) is 65.5 Å². The average molecular weight is 301 g/mol. The lowest BCUT2D eigenvalue weighted by molar-refractivity contribution is -0.140. The highest BCUT2D eigenvalue weighted by molar-refractivity contribution is 5.94. The Balaban J connectivity index is 2.08. The number of aryl methyl sites for hydroxylation is 1. The number of carbonyl (C=O) groups excluding carboxylic acids is 1. The molecule has 0 radical (unpaired) electrons. The molecule has 2 N–H and O–H groups in total. The Morgan fingerprint density at radius 1 is 1.18 bits per heavy atom. The zero-order valence-corrected chi connectivity index (χ0v) is 12.0. The van der Waals surface area contributed by atoms with E-state index in [2.05, 4.69) is 5.32 Å². The highest BCUT2D eigenvalue weighted by Gasteiger charge is 2.23. The van der Waals surface area contributed by atoms with Gasteiger partial charge in [-0.1, -0.05) is 36.4 Å². The summed E-state index contributed by atoms with van der Waals surface area (Å²) in [6, 6.07) is 12.9. The van der Waals surface area contributed by atoms with Crippen LogP contribution in [0.15, 0.2) is 48.5 Å². The molecule has 4 nitrogen and oxygen atoms in total. The number of halogens is 1. The maximum atomic E-state index is 13.4. The van der Waals surface area contributed by atoms with Gasteiger partial charge in [-0.25, -0.2) is 4.39 Å². The maximum Gasteiger partial charge on any atom is 0.311 e. The second-order valence-electron chi connectivity index (χ2n) is 5.02. The number of carbonyl (C=O) groups is 2. The van der Waals surface area contributed by atoms with Crippen LogP contribution in [0.5, 0.6) is 0 Å². The summed E-state index contributed by atoms with van der Waals surface area (Å²) in [5.74, 6) is -2.90. The monoisotopic (exact) mass is 301 g/mol. The first-order valence-corrected chi connectivity index (χ1v) is 6.81. The smallest absolute Gasteiger partial charge is 0.311 e. The molecule has 0 saturated heterocycles. The number of aliphatic carboxylic acids is 1. The Hall–Kier alpha value is -2.69. The number of anilines is 1. The number of amides is 1. The van der Waals surface area contributed by atoms with Crippen molar-refractivity contribution >= 4 is 17.6 Å². The second kappa shape index (κ2) is 6.85. The van der Waals surface area contributed by atoms with Gasteiger partial charge in [-0.05, 0) is 30.2 Å². The molecule has 114 valence electrons. The van der Waals surface area contributed by atoms with Crippen LogP contribution in [0.1, 0.15) is 23.5 Å². The first kappa shape index (κ1) is 15.7. The van der Waals surface area contributed by atoms with E-state index in [0.29, 0.717) is 16.8 Å². The predicted octanol–water partition coefficient (Wildman–Crippen LogP) is 3.33. The molecule has 0 fully saturated rings. The normalized spacial score (nSPS) is 11.7. The Morgan fingerprint density at radius 2 is 1.86 bits per heavy atom. The summed E-state index contributed by atoms with van der Waals surface area (Å²) in [7, 11) is 0. The van der Waals surface area contributed by atoms with E-state index in [-0.39, 0.29) is 6.42 Å². The van der Waals surface area contributed by atoms with Crippen molar-refractivity contribution in [2.45, 2.75) is 19.3 Å². The molecule has 0 spiro atoms. The summed E-state index contributed by atoms with van der Waals surface area (Å²) in [6.45, 7) is 1.62. The highest BCUT2D eigenvalue weighted by atomic mass is 19.1. The highest BCUT2D eigenvalue weighted by Crippen LogP contribution is 2.21. The Kier molecular flexibility index (Phi) is 4.88. The number of carboxylic acids is 1. The van der Waals surface area contributed by atoms with E-state index in [0.717, 1.165) is 0 Å². The number of nitrogens with one attached hydrogen (secondary N) is 1. The SMILES string of the molecule is Cc1ccc(NC(=O)CC(C(=O)O)c2ccccc2)cc1F. The molecule has 0 saturated carbocycles. The minimum atomic E-state index is -1.07. The number of rotatable bonds is 5. The molecule has 1 amide bonds. The lowest BCUT2D eigenvalue weighted by Gasteiger charge is -2.13. The van der Waals surface area contributed by atoms with Crippen LogP contribution in [0, 0.1) is 12.7 Å². The largest absolute Gasteiger partial charge is 0.481 e. The first-order valence-electron chi connectivity index (χ1n) is 6.81. The number of benzene rings is 2. The fourth-order valence-corrected chi connectivity index (χ4v) is 2.10. The zero-order chi connectivity index (χ0) is 16.1. The molecule has 0 aliphatic carbocycles. The fourth-order valence-electron chi connectivity index (χ4n) is 2.10. The van der Waals surface area contributed by atoms with E-state index in [1.807, 2.05) is 0 Å². The van der Waals surface area contributed by atoms with Crippen molar-refractivity contribution in [3.8, 4) is 0 Å². The van der Waals surface area contributed by atoms with Crippen LogP contribution in [-0.4, -0.2) is 17.0 Å². The Labute approximate surface area is 127 Å². The summed E-state index contributed by atoms with van der Waals surface area (Å²) >= 11 is 0. The lowest BCUT2D eigenvalue weighted by atomic mass is 9.95. The van der Waals surface area contributed by atoms with Crippen LogP contribution in [0.2, 0.25) is 0 Å². The van der Waals surface area contributed by atoms with Crippen molar-refractivity contribution in [2.24, 2.45) is 0 Å². The third-order valence-electron chi connectivity index (χ3n) is 3.35. The number of carboxylic acid groups (broad SMARTS) is 1. The molecule has 5 heteroatoms. The number of hydrogen-bond acceptors (Lipinski definition) is 2. The predicted molar refractivity (Wildman–Crippen MR) is 81.2 cm³/mol. The topological polar surface area (TPSA) is 66.4 Å². The van der Waals surface area contributed by atoms with E-state index >= 15 is 0 Å². The van der Waals surface area contributed by atoms with Crippen molar-refractivity contribution < 1.29 is 19.1 Å². The molecule has 2 aromatic rings. The standard InChI is InChI=1S/C17H16FNO3/c1-11-7-8-13(9-15(11)18)19-16(20)10-14(17(21)22)12-5-3-2-4-6-12/h2-9,14H,10H2,1H3,(H,19,20)(H,21,22). The van der Waals surface area contributed by atoms with Gasteiger partial charge < -0.3 is 10.4 Å². The van der Waals surface area contributed by atoms with Gasteiger partial charge in [0.05, 0.1) is 5.92 Å². The third kappa shape index (κ3) is 3.91. The van der Waals surface area contributed by atoms with E-state index in [4.69, 9.17) is 0 Å². The van der Waals surface area contributed by atoms with Gasteiger partial charge in [0, 0.05) is 12.1 Å². The molecule has 0 aromatic heterocycles. The summed E-state index contributed by atoms with van der Waals surface area (Å²) in [5.41, 5.74) is 1.34. The summed E-state index contributed by atoms with van der Waals surface area (Å²) in [4.78, 5) is 23.3. The molecular weight excluding hydrogens is 285 g/mol. The van der Waals surface area contributed by atoms with Gasteiger partial charge in [0.15, 0.2) is 0 Å². The van der Waals surface area contributed by atoms with Crippen LogP contribution < -0.4 is 5.32 Å². The minimum Gasteiger partial charge on any atom is -0.481 e. The maximum absolute atomic E-state index is 13.4. The van der Waals surface area contributed by atoms with Gasteiger partial charge in [0.2, 0.25) is 5.91 Å². The Morgan fingerprint density at radius 3 is 2.45 bits per heavy atom. The number of hydrogen-bond donors (Lipinski definition) is 2. The van der Waals surface area contributed by atoms with Crippen LogP contribution >= 0.6 is 0 Å². The van der Waals surface area contributed by atoms with Crippen LogP contribution in [0.4, 0.5) is 10.1 Å². The van der Waals surface area contributed by atoms with Crippen molar-refractivity contribution in [3.63, 3.8) is 0 Å². The van der Waals surface area contributed by atoms with Crippen molar-refractivity contribution in [1.29, 1.82) is 0 Å². The molecule has 0 aliphatic heterocycles. The molecule has 0 bridgehead atoms. The first-order chi connectivity index (χ1) is 10.5. The fraction of sp³-hybridized carbons (Fsp3) is 0.176. The van der Waals surface area contributed by atoms with E-state index in [1.54, 1.807) is 49.4 Å². The zero-order valence-electron chi connectivity index (χ0n) is 12.0. The second-order valence-corrected chi connectivity index (χ2v) is 5.02. The summed E-state index contributed by atoms with van der Waals surface area (Å²) in [5, 5.41) is 11.8. The van der Waals surface area contributed by atoms with Gasteiger partial charge >= 0.3 is 5.97 Å². The van der Waals surface area contributed by atoms with Crippen LogP contribution in [0.3, 0.4) is 0 Å². The molecule has 0 heterocycles. The van der Waals surface area contributed by atoms with Gasteiger partial charge in [0.1, 0.15) is 5.82 Å². The van der Waals surface area contributed by atoms with Gasteiger partial charge in [-0.2, -0.15) is 0 Å². The molecule has 2 rings (SSSR count). The minimum absolute atomic E-state index is 0.213. The summed E-state index contributed by atoms with van der Waals surface area (Å²) < 4.78 is 13.4. The lowest BCUT2D eigenvalue weighted by Crippen LogP contribution is -2.21. The molecular formula is C17H16FNO3. The van der Waals surface area contributed by atoms with Crippen LogP contribution in [0.25, 0.3) is 0 Å². The van der Waals surface area contributed by atoms with Gasteiger partial charge in [-0.15, -0.1) is 0 Å². The average Bonchev–Trinajstić information content (AvgIpc) is 2.49. The van der Waals surface area contributed by atoms with E-state index in [9.17, 15) is 19.1 Å². The molecule has 22 heavy (non-hydrogen) atoms. The quantitative estimate of drug-likeness (QED) is 0.890.